The normalized spacial score (nSPS) is 10.7. The molecule has 0 aromatic heterocycles. The number of thioether (sulfide) groups is 1. The van der Waals surface area contributed by atoms with E-state index in [0.717, 1.165) is 17.2 Å². The molecule has 0 heterocycles. The van der Waals surface area contributed by atoms with Crippen molar-refractivity contribution >= 4 is 17.7 Å². The van der Waals surface area contributed by atoms with Gasteiger partial charge in [-0.1, -0.05) is 0 Å². The minimum Gasteiger partial charge on any atom is -0.466 e. The Morgan fingerprint density at radius 2 is 2.00 bits per heavy atom. The number of carbonyl (C=O) groups excluding carboxylic acids is 1. The predicted octanol–water partition coefficient (Wildman–Crippen LogP) is 2.80. The van der Waals surface area contributed by atoms with E-state index in [-0.39, 0.29) is 11.8 Å². The molecule has 19 heavy (non-hydrogen) atoms. The first-order valence-corrected chi connectivity index (χ1v) is 7.33. The number of ether oxygens (including phenoxy) is 1. The van der Waals surface area contributed by atoms with Crippen LogP contribution in [0.4, 0.5) is 4.39 Å². The molecule has 1 rings (SSSR count). The number of nitrogens with zero attached hydrogens (tertiary/aromatic N) is 1. The van der Waals surface area contributed by atoms with Crippen LogP contribution < -0.4 is 0 Å². The van der Waals surface area contributed by atoms with Crippen LogP contribution in [0.3, 0.4) is 0 Å². The van der Waals surface area contributed by atoms with Crippen molar-refractivity contribution in [2.45, 2.75) is 18.2 Å². The van der Waals surface area contributed by atoms with Gasteiger partial charge >= 0.3 is 5.97 Å². The van der Waals surface area contributed by atoms with Crippen LogP contribution in [-0.4, -0.2) is 43.4 Å². The van der Waals surface area contributed by atoms with Crippen LogP contribution in [0.25, 0.3) is 0 Å². The summed E-state index contributed by atoms with van der Waals surface area (Å²) in [5.41, 5.74) is 0. The van der Waals surface area contributed by atoms with Crippen molar-refractivity contribution in [1.82, 2.24) is 4.90 Å². The summed E-state index contributed by atoms with van der Waals surface area (Å²) in [6.45, 7) is 3.81. The van der Waals surface area contributed by atoms with Crippen molar-refractivity contribution in [2.24, 2.45) is 0 Å². The molecular weight excluding hydrogens is 265 g/mol. The summed E-state index contributed by atoms with van der Waals surface area (Å²) in [6, 6.07) is 6.48. The van der Waals surface area contributed by atoms with Crippen molar-refractivity contribution in [2.75, 3.05) is 32.5 Å². The summed E-state index contributed by atoms with van der Waals surface area (Å²) < 4.78 is 17.6. The highest BCUT2D eigenvalue weighted by atomic mass is 32.2. The summed E-state index contributed by atoms with van der Waals surface area (Å²) in [5, 5.41) is 0. The Morgan fingerprint density at radius 1 is 1.32 bits per heavy atom. The van der Waals surface area contributed by atoms with Gasteiger partial charge in [0, 0.05) is 23.7 Å². The van der Waals surface area contributed by atoms with Gasteiger partial charge in [-0.2, -0.15) is 0 Å². The maximum absolute atomic E-state index is 12.7. The molecule has 3 nitrogen and oxygen atoms in total. The molecule has 106 valence electrons. The SMILES string of the molecule is CCOC(=O)CCN(C)CCSc1ccc(F)cc1. The van der Waals surface area contributed by atoms with Crippen LogP contribution in [0.2, 0.25) is 0 Å². The lowest BCUT2D eigenvalue weighted by atomic mass is 10.4. The molecule has 0 saturated heterocycles. The van der Waals surface area contributed by atoms with Gasteiger partial charge in [-0.3, -0.25) is 4.79 Å². The smallest absolute Gasteiger partial charge is 0.307 e. The van der Waals surface area contributed by atoms with E-state index in [0.29, 0.717) is 19.6 Å². The fourth-order valence-corrected chi connectivity index (χ4v) is 2.44. The molecule has 0 radical (unpaired) electrons. The van der Waals surface area contributed by atoms with Crippen LogP contribution >= 0.6 is 11.8 Å². The van der Waals surface area contributed by atoms with E-state index in [1.54, 1.807) is 30.8 Å². The fourth-order valence-electron chi connectivity index (χ4n) is 1.48. The second-order valence-electron chi connectivity index (χ2n) is 4.16. The maximum Gasteiger partial charge on any atom is 0.307 e. The Hall–Kier alpha value is -1.07. The second kappa shape index (κ2) is 8.93. The van der Waals surface area contributed by atoms with Gasteiger partial charge in [0.15, 0.2) is 0 Å². The van der Waals surface area contributed by atoms with Crippen molar-refractivity contribution in [3.05, 3.63) is 30.1 Å². The quantitative estimate of drug-likeness (QED) is 0.542. The number of esters is 1. The lowest BCUT2D eigenvalue weighted by Crippen LogP contribution is -2.24. The molecule has 5 heteroatoms. The maximum atomic E-state index is 12.7. The zero-order chi connectivity index (χ0) is 14.1. The molecule has 0 N–H and O–H groups in total. The number of hydrogen-bond acceptors (Lipinski definition) is 4. The first-order chi connectivity index (χ1) is 9.11. The summed E-state index contributed by atoms with van der Waals surface area (Å²) >= 11 is 1.68. The monoisotopic (exact) mass is 285 g/mol. The zero-order valence-electron chi connectivity index (χ0n) is 11.4. The third-order valence-electron chi connectivity index (χ3n) is 2.56. The lowest BCUT2D eigenvalue weighted by molar-refractivity contribution is -0.143. The van der Waals surface area contributed by atoms with E-state index in [1.807, 2.05) is 7.05 Å². The molecule has 0 bridgehead atoms. The van der Waals surface area contributed by atoms with Gasteiger partial charge in [0.1, 0.15) is 5.82 Å². The second-order valence-corrected chi connectivity index (χ2v) is 5.33. The lowest BCUT2D eigenvalue weighted by Gasteiger charge is -2.15. The molecule has 0 aliphatic heterocycles. The summed E-state index contributed by atoms with van der Waals surface area (Å²) in [4.78, 5) is 14.3. The van der Waals surface area contributed by atoms with Crippen LogP contribution in [0, 0.1) is 5.82 Å². The minimum atomic E-state index is -0.212. The van der Waals surface area contributed by atoms with Crippen LogP contribution in [0.1, 0.15) is 13.3 Å². The van der Waals surface area contributed by atoms with E-state index in [9.17, 15) is 9.18 Å². The highest BCUT2D eigenvalue weighted by Crippen LogP contribution is 2.17. The number of benzene rings is 1. The number of hydrogen-bond donors (Lipinski definition) is 0. The molecule has 0 atom stereocenters. The Morgan fingerprint density at radius 3 is 2.63 bits per heavy atom. The van der Waals surface area contributed by atoms with Crippen LogP contribution in [0.5, 0.6) is 0 Å². The van der Waals surface area contributed by atoms with Gasteiger partial charge in [-0.05, 0) is 38.2 Å². The summed E-state index contributed by atoms with van der Waals surface area (Å²) in [5.74, 6) is 0.543. The molecular formula is C14H20FNO2S. The van der Waals surface area contributed by atoms with Gasteiger partial charge in [0.2, 0.25) is 0 Å². The number of rotatable bonds is 8. The minimum absolute atomic E-state index is 0.152. The summed E-state index contributed by atoms with van der Waals surface area (Å²) in [6.07, 6.45) is 0.422. The molecule has 0 saturated carbocycles. The van der Waals surface area contributed by atoms with Gasteiger partial charge in [-0.15, -0.1) is 11.8 Å². The largest absolute Gasteiger partial charge is 0.466 e. The van der Waals surface area contributed by atoms with E-state index in [2.05, 4.69) is 4.90 Å². The summed E-state index contributed by atoms with van der Waals surface area (Å²) in [7, 11) is 1.98. The van der Waals surface area contributed by atoms with Gasteiger partial charge in [-0.25, -0.2) is 4.39 Å². The van der Waals surface area contributed by atoms with Gasteiger partial charge in [0.25, 0.3) is 0 Å². The zero-order valence-corrected chi connectivity index (χ0v) is 12.2. The molecule has 0 amide bonds. The molecule has 1 aromatic carbocycles. The van der Waals surface area contributed by atoms with Crippen molar-refractivity contribution in [1.29, 1.82) is 0 Å². The predicted molar refractivity (Wildman–Crippen MR) is 75.9 cm³/mol. The Kier molecular flexibility index (Phi) is 7.52. The van der Waals surface area contributed by atoms with E-state index >= 15 is 0 Å². The van der Waals surface area contributed by atoms with E-state index in [4.69, 9.17) is 4.74 Å². The average molecular weight is 285 g/mol. The van der Waals surface area contributed by atoms with Crippen molar-refractivity contribution < 1.29 is 13.9 Å². The van der Waals surface area contributed by atoms with Crippen LogP contribution in [-0.2, 0) is 9.53 Å². The fraction of sp³-hybridized carbons (Fsp3) is 0.500. The topological polar surface area (TPSA) is 29.5 Å². The van der Waals surface area contributed by atoms with Crippen molar-refractivity contribution in [3.63, 3.8) is 0 Å². The highest BCUT2D eigenvalue weighted by molar-refractivity contribution is 7.99. The molecule has 0 aliphatic carbocycles. The van der Waals surface area contributed by atoms with Crippen molar-refractivity contribution in [3.8, 4) is 0 Å². The third-order valence-corrected chi connectivity index (χ3v) is 3.55. The van der Waals surface area contributed by atoms with E-state index < -0.39 is 0 Å². The van der Waals surface area contributed by atoms with Crippen LogP contribution in [0.15, 0.2) is 29.2 Å². The Balaban J connectivity index is 2.14. The Bertz CT molecular complexity index is 384. The van der Waals surface area contributed by atoms with Gasteiger partial charge in [0.05, 0.1) is 13.0 Å². The number of halogens is 1. The standard InChI is InChI=1S/C14H20FNO2S/c1-3-18-14(17)8-9-16(2)10-11-19-13-6-4-12(15)5-7-13/h4-7H,3,8-11H2,1-2H3. The molecule has 0 spiro atoms. The highest BCUT2D eigenvalue weighted by Gasteiger charge is 2.05. The molecule has 1 aromatic rings. The molecule has 0 unspecified atom stereocenters. The Labute approximate surface area is 118 Å². The molecule has 0 fully saturated rings. The molecule has 0 aliphatic rings. The van der Waals surface area contributed by atoms with E-state index in [1.165, 1.54) is 12.1 Å². The third kappa shape index (κ3) is 7.18. The van der Waals surface area contributed by atoms with Gasteiger partial charge < -0.3 is 9.64 Å². The number of carbonyl (C=O) groups is 1. The average Bonchev–Trinajstić information content (AvgIpc) is 2.39. The first kappa shape index (κ1) is 16.0. The first-order valence-electron chi connectivity index (χ1n) is 6.34.